The molecule has 90 valence electrons. The van der Waals surface area contributed by atoms with Crippen molar-refractivity contribution in [1.29, 1.82) is 0 Å². The van der Waals surface area contributed by atoms with Crippen molar-refractivity contribution < 1.29 is 14.3 Å². The number of halogens is 2. The van der Waals surface area contributed by atoms with Crippen LogP contribution in [0, 0.1) is 17.8 Å². The maximum atomic E-state index is 12.2. The predicted octanol–water partition coefficient (Wildman–Crippen LogP) is 2.16. The summed E-state index contributed by atoms with van der Waals surface area (Å²) < 4.78 is 12.1. The summed E-state index contributed by atoms with van der Waals surface area (Å²) in [7, 11) is 0. The van der Waals surface area contributed by atoms with Gasteiger partial charge >= 0.3 is 0 Å². The molecule has 1 saturated heterocycles. The van der Waals surface area contributed by atoms with Crippen molar-refractivity contribution in [3.63, 3.8) is 0 Å². The lowest BCUT2D eigenvalue weighted by molar-refractivity contribution is -0.177. The SMILES string of the molecule is O=C1C(Br)=C[C@@H]2[C@H]1[C@H]1C=C[C@@]2(Br)C12OCCO2. The Morgan fingerprint density at radius 2 is 2.00 bits per heavy atom. The number of Topliss-reactive ketones (excluding diaryl/α,β-unsaturated/α-hetero) is 1. The molecule has 5 heteroatoms. The van der Waals surface area contributed by atoms with Crippen LogP contribution >= 0.6 is 31.9 Å². The Hall–Kier alpha value is 0.0300. The highest BCUT2D eigenvalue weighted by atomic mass is 79.9. The number of ether oxygens (including phenoxy) is 2. The van der Waals surface area contributed by atoms with Gasteiger partial charge in [-0.25, -0.2) is 0 Å². The Morgan fingerprint density at radius 3 is 2.65 bits per heavy atom. The van der Waals surface area contributed by atoms with Crippen LogP contribution in [0.5, 0.6) is 0 Å². The van der Waals surface area contributed by atoms with Crippen LogP contribution in [0.3, 0.4) is 0 Å². The lowest BCUT2D eigenvalue weighted by Gasteiger charge is -2.35. The van der Waals surface area contributed by atoms with Crippen LogP contribution in [0.15, 0.2) is 22.7 Å². The molecular formula is C12H10Br2O3. The van der Waals surface area contributed by atoms with Gasteiger partial charge < -0.3 is 9.47 Å². The molecular weight excluding hydrogens is 352 g/mol. The van der Waals surface area contributed by atoms with Crippen molar-refractivity contribution >= 4 is 37.6 Å². The minimum absolute atomic E-state index is 0.0215. The van der Waals surface area contributed by atoms with Crippen LogP contribution in [0.25, 0.3) is 0 Å². The highest BCUT2D eigenvalue weighted by molar-refractivity contribution is 9.12. The van der Waals surface area contributed by atoms with E-state index in [1.165, 1.54) is 0 Å². The van der Waals surface area contributed by atoms with Crippen molar-refractivity contribution in [3.05, 3.63) is 22.7 Å². The first-order valence-electron chi connectivity index (χ1n) is 5.68. The third kappa shape index (κ3) is 1.01. The summed E-state index contributed by atoms with van der Waals surface area (Å²) in [5, 5.41) is 0. The van der Waals surface area contributed by atoms with Gasteiger partial charge in [-0.1, -0.05) is 34.2 Å². The van der Waals surface area contributed by atoms with Gasteiger partial charge in [0.05, 0.1) is 17.7 Å². The highest BCUT2D eigenvalue weighted by Gasteiger charge is 2.75. The number of rotatable bonds is 0. The first kappa shape index (κ1) is 10.9. The zero-order valence-corrected chi connectivity index (χ0v) is 12.0. The molecule has 3 aliphatic carbocycles. The third-order valence-electron chi connectivity index (χ3n) is 4.36. The fourth-order valence-corrected chi connectivity index (χ4v) is 5.33. The van der Waals surface area contributed by atoms with Gasteiger partial charge in [0, 0.05) is 17.8 Å². The van der Waals surface area contributed by atoms with Gasteiger partial charge in [0.2, 0.25) is 0 Å². The number of ketones is 1. The number of hydrogen-bond acceptors (Lipinski definition) is 3. The average Bonchev–Trinajstić information content (AvgIpc) is 2.99. The molecule has 0 N–H and O–H groups in total. The number of allylic oxidation sites excluding steroid dienone is 2. The lowest BCUT2D eigenvalue weighted by atomic mass is 9.85. The van der Waals surface area contributed by atoms with E-state index >= 15 is 0 Å². The summed E-state index contributed by atoms with van der Waals surface area (Å²) in [5.41, 5.74) is 0. The molecule has 0 amide bonds. The Balaban J connectivity index is 1.89. The zero-order chi connectivity index (χ0) is 11.8. The quantitative estimate of drug-likeness (QED) is 0.490. The smallest absolute Gasteiger partial charge is 0.195 e. The number of alkyl halides is 1. The Morgan fingerprint density at radius 1 is 1.29 bits per heavy atom. The second kappa shape index (κ2) is 3.13. The first-order chi connectivity index (χ1) is 8.10. The maximum absolute atomic E-state index is 12.2. The molecule has 1 aliphatic heterocycles. The van der Waals surface area contributed by atoms with E-state index in [-0.39, 0.29) is 23.5 Å². The monoisotopic (exact) mass is 360 g/mol. The zero-order valence-electron chi connectivity index (χ0n) is 8.86. The number of fused-ring (bicyclic) bond motifs is 3. The maximum Gasteiger partial charge on any atom is 0.195 e. The van der Waals surface area contributed by atoms with Crippen molar-refractivity contribution in [2.45, 2.75) is 10.1 Å². The minimum Gasteiger partial charge on any atom is -0.345 e. The van der Waals surface area contributed by atoms with E-state index in [0.717, 1.165) is 0 Å². The molecule has 0 aromatic rings. The molecule has 0 radical (unpaired) electrons. The van der Waals surface area contributed by atoms with Gasteiger partial charge in [0.1, 0.15) is 4.32 Å². The summed E-state index contributed by atoms with van der Waals surface area (Å²) >= 11 is 7.12. The summed E-state index contributed by atoms with van der Waals surface area (Å²) in [6, 6.07) is 0. The third-order valence-corrected chi connectivity index (χ3v) is 6.36. The molecule has 1 saturated carbocycles. The first-order valence-corrected chi connectivity index (χ1v) is 7.26. The second-order valence-corrected chi connectivity index (χ2v) is 7.11. The van der Waals surface area contributed by atoms with E-state index in [4.69, 9.17) is 9.47 Å². The fourth-order valence-electron chi connectivity index (χ4n) is 3.72. The topological polar surface area (TPSA) is 35.5 Å². The van der Waals surface area contributed by atoms with Gasteiger partial charge in [0.25, 0.3) is 0 Å². The molecule has 4 rings (SSSR count). The number of carbonyl (C=O) groups is 1. The van der Waals surface area contributed by atoms with Crippen molar-refractivity contribution in [2.75, 3.05) is 13.2 Å². The van der Waals surface area contributed by atoms with E-state index in [1.54, 1.807) is 0 Å². The molecule has 17 heavy (non-hydrogen) atoms. The summed E-state index contributed by atoms with van der Waals surface area (Å²) in [4.78, 5) is 12.2. The van der Waals surface area contributed by atoms with Crippen LogP contribution < -0.4 is 0 Å². The van der Waals surface area contributed by atoms with Crippen LogP contribution in [0.2, 0.25) is 0 Å². The Bertz CT molecular complexity index is 478. The van der Waals surface area contributed by atoms with E-state index < -0.39 is 10.1 Å². The van der Waals surface area contributed by atoms with Crippen molar-refractivity contribution in [1.82, 2.24) is 0 Å². The van der Waals surface area contributed by atoms with E-state index in [9.17, 15) is 4.79 Å². The summed E-state index contributed by atoms with van der Waals surface area (Å²) in [5.74, 6) is -0.399. The molecule has 0 aromatic heterocycles. The highest BCUT2D eigenvalue weighted by Crippen LogP contribution is 2.67. The van der Waals surface area contributed by atoms with Crippen LogP contribution in [0.1, 0.15) is 0 Å². The fraction of sp³-hybridized carbons (Fsp3) is 0.583. The largest absolute Gasteiger partial charge is 0.345 e. The van der Waals surface area contributed by atoms with Crippen molar-refractivity contribution in [3.8, 4) is 0 Å². The summed E-state index contributed by atoms with van der Waals surface area (Å²) in [6.07, 6.45) is 6.16. The van der Waals surface area contributed by atoms with E-state index in [2.05, 4.69) is 44.0 Å². The molecule has 2 bridgehead atoms. The standard InChI is InChI=1S/C12H10Br2O3/c13-8-5-7-9(10(8)15)6-1-2-11(7,14)12(6)16-3-4-17-12/h1-2,5-7,9H,3-4H2/t6-,7-,9-,11+/m1/s1. The van der Waals surface area contributed by atoms with E-state index in [0.29, 0.717) is 17.7 Å². The van der Waals surface area contributed by atoms with Gasteiger partial charge in [-0.3, -0.25) is 4.79 Å². The van der Waals surface area contributed by atoms with Gasteiger partial charge in [-0.05, 0) is 15.9 Å². The summed E-state index contributed by atoms with van der Waals surface area (Å²) in [6.45, 7) is 1.20. The predicted molar refractivity (Wildman–Crippen MR) is 67.9 cm³/mol. The average molecular weight is 362 g/mol. The van der Waals surface area contributed by atoms with Crippen LogP contribution in [-0.2, 0) is 14.3 Å². The van der Waals surface area contributed by atoms with Crippen molar-refractivity contribution in [2.24, 2.45) is 17.8 Å². The Labute approximate surface area is 115 Å². The van der Waals surface area contributed by atoms with Gasteiger partial charge in [0.15, 0.2) is 11.6 Å². The van der Waals surface area contributed by atoms with E-state index in [1.807, 2.05) is 6.08 Å². The Kier molecular flexibility index (Phi) is 2.01. The second-order valence-electron chi connectivity index (χ2n) is 4.95. The lowest BCUT2D eigenvalue weighted by Crippen LogP contribution is -2.48. The van der Waals surface area contributed by atoms with Crippen LogP contribution in [0.4, 0.5) is 0 Å². The number of hydrogen-bond donors (Lipinski definition) is 0. The number of carbonyl (C=O) groups excluding carboxylic acids is 1. The molecule has 4 aliphatic rings. The molecule has 0 aromatic carbocycles. The minimum atomic E-state index is -0.664. The normalized spacial score (nSPS) is 49.2. The molecule has 1 spiro atoms. The van der Waals surface area contributed by atoms with Gasteiger partial charge in [-0.2, -0.15) is 0 Å². The van der Waals surface area contributed by atoms with Crippen LogP contribution in [-0.4, -0.2) is 29.1 Å². The molecule has 1 heterocycles. The van der Waals surface area contributed by atoms with Gasteiger partial charge in [-0.15, -0.1) is 0 Å². The molecule has 4 atom stereocenters. The molecule has 0 unspecified atom stereocenters. The molecule has 3 nitrogen and oxygen atoms in total. The molecule has 2 fully saturated rings.